The van der Waals surface area contributed by atoms with Crippen LogP contribution in [0, 0.1) is 0 Å². The Morgan fingerprint density at radius 2 is 2.00 bits per heavy atom. The van der Waals surface area contributed by atoms with E-state index < -0.39 is 5.60 Å². The summed E-state index contributed by atoms with van der Waals surface area (Å²) in [4.78, 5) is 11.9. The standard InChI is InChI=1S/C14H17ClO2/c1-14(2,3)17-13(16)11-7-6-10(8-12(11)15)9-4-5-9/h6-9H,4-5H2,1-3H3. The van der Waals surface area contributed by atoms with Gasteiger partial charge in [0.25, 0.3) is 0 Å². The molecule has 1 aromatic carbocycles. The molecule has 0 bridgehead atoms. The van der Waals surface area contributed by atoms with Crippen LogP contribution in [0.1, 0.15) is 55.5 Å². The maximum Gasteiger partial charge on any atom is 0.340 e. The fourth-order valence-electron chi connectivity index (χ4n) is 1.70. The molecule has 0 saturated heterocycles. The van der Waals surface area contributed by atoms with Gasteiger partial charge in [0.15, 0.2) is 0 Å². The average molecular weight is 253 g/mol. The molecule has 2 rings (SSSR count). The smallest absolute Gasteiger partial charge is 0.340 e. The molecule has 1 aliphatic carbocycles. The maximum atomic E-state index is 11.9. The van der Waals surface area contributed by atoms with E-state index >= 15 is 0 Å². The summed E-state index contributed by atoms with van der Waals surface area (Å²) in [5, 5.41) is 0.489. The molecule has 3 heteroatoms. The van der Waals surface area contributed by atoms with Crippen LogP contribution < -0.4 is 0 Å². The third-order valence-corrected chi connectivity index (χ3v) is 2.97. The zero-order valence-electron chi connectivity index (χ0n) is 10.4. The highest BCUT2D eigenvalue weighted by molar-refractivity contribution is 6.33. The fraction of sp³-hybridized carbons (Fsp3) is 0.500. The largest absolute Gasteiger partial charge is 0.456 e. The van der Waals surface area contributed by atoms with Gasteiger partial charge in [0.1, 0.15) is 5.60 Å². The molecule has 1 saturated carbocycles. The van der Waals surface area contributed by atoms with Gasteiger partial charge in [-0.05, 0) is 57.2 Å². The Hall–Kier alpha value is -1.02. The summed E-state index contributed by atoms with van der Waals surface area (Å²) in [6, 6.07) is 5.63. The van der Waals surface area contributed by atoms with Gasteiger partial charge < -0.3 is 4.74 Å². The van der Waals surface area contributed by atoms with Crippen LogP contribution in [0.5, 0.6) is 0 Å². The maximum absolute atomic E-state index is 11.9. The summed E-state index contributed by atoms with van der Waals surface area (Å²) in [6.07, 6.45) is 2.45. The first-order chi connectivity index (χ1) is 7.87. The third kappa shape index (κ3) is 3.22. The van der Waals surface area contributed by atoms with Crippen LogP contribution in [0.25, 0.3) is 0 Å². The number of halogens is 1. The number of rotatable bonds is 2. The van der Waals surface area contributed by atoms with Gasteiger partial charge in [-0.3, -0.25) is 0 Å². The lowest BCUT2D eigenvalue weighted by Crippen LogP contribution is -2.24. The Balaban J connectivity index is 2.18. The van der Waals surface area contributed by atoms with Crippen molar-refractivity contribution in [2.75, 3.05) is 0 Å². The monoisotopic (exact) mass is 252 g/mol. The van der Waals surface area contributed by atoms with E-state index in [1.165, 1.54) is 18.4 Å². The molecule has 0 radical (unpaired) electrons. The summed E-state index contributed by atoms with van der Waals surface area (Å²) < 4.78 is 5.30. The van der Waals surface area contributed by atoms with E-state index in [2.05, 4.69) is 0 Å². The zero-order valence-corrected chi connectivity index (χ0v) is 11.2. The van der Waals surface area contributed by atoms with Crippen molar-refractivity contribution in [3.05, 3.63) is 34.3 Å². The second-order valence-corrected chi connectivity index (χ2v) is 5.92. The molecule has 0 aromatic heterocycles. The third-order valence-electron chi connectivity index (χ3n) is 2.66. The van der Waals surface area contributed by atoms with Crippen molar-refractivity contribution in [1.82, 2.24) is 0 Å². The molecule has 0 unspecified atom stereocenters. The molecular formula is C14H17ClO2. The fourth-order valence-corrected chi connectivity index (χ4v) is 1.97. The molecule has 17 heavy (non-hydrogen) atoms. The van der Waals surface area contributed by atoms with Crippen LogP contribution in [0.3, 0.4) is 0 Å². The van der Waals surface area contributed by atoms with Crippen LogP contribution >= 0.6 is 11.6 Å². The minimum Gasteiger partial charge on any atom is -0.456 e. The van der Waals surface area contributed by atoms with E-state index in [1.807, 2.05) is 32.9 Å². The van der Waals surface area contributed by atoms with Crippen LogP contribution in [0.4, 0.5) is 0 Å². The van der Waals surface area contributed by atoms with Crippen LogP contribution in [-0.2, 0) is 4.74 Å². The molecule has 0 amide bonds. The van der Waals surface area contributed by atoms with Gasteiger partial charge in [-0.2, -0.15) is 0 Å². The van der Waals surface area contributed by atoms with E-state index in [-0.39, 0.29) is 5.97 Å². The van der Waals surface area contributed by atoms with Crippen molar-refractivity contribution in [1.29, 1.82) is 0 Å². The minimum atomic E-state index is -0.490. The summed E-state index contributed by atoms with van der Waals surface area (Å²) in [7, 11) is 0. The van der Waals surface area contributed by atoms with E-state index in [4.69, 9.17) is 16.3 Å². The topological polar surface area (TPSA) is 26.3 Å². The second kappa shape index (κ2) is 4.34. The lowest BCUT2D eigenvalue weighted by molar-refractivity contribution is 0.00698. The number of carbonyl (C=O) groups excluding carboxylic acids is 1. The number of hydrogen-bond acceptors (Lipinski definition) is 2. The Morgan fingerprint density at radius 3 is 2.47 bits per heavy atom. The van der Waals surface area contributed by atoms with Crippen LogP contribution in [0.2, 0.25) is 5.02 Å². The highest BCUT2D eigenvalue weighted by atomic mass is 35.5. The molecule has 0 atom stereocenters. The quantitative estimate of drug-likeness (QED) is 0.739. The van der Waals surface area contributed by atoms with Crippen molar-refractivity contribution < 1.29 is 9.53 Å². The Kier molecular flexibility index (Phi) is 3.17. The summed E-state index contributed by atoms with van der Waals surface area (Å²) >= 11 is 6.12. The van der Waals surface area contributed by atoms with Gasteiger partial charge in [-0.1, -0.05) is 17.7 Å². The lowest BCUT2D eigenvalue weighted by Gasteiger charge is -2.20. The molecule has 1 aromatic rings. The molecule has 2 nitrogen and oxygen atoms in total. The normalized spacial score (nSPS) is 15.8. The number of benzene rings is 1. The second-order valence-electron chi connectivity index (χ2n) is 5.52. The van der Waals surface area contributed by atoms with Crippen LogP contribution in [0.15, 0.2) is 18.2 Å². The highest BCUT2D eigenvalue weighted by Crippen LogP contribution is 2.41. The molecule has 1 fully saturated rings. The molecule has 0 heterocycles. The van der Waals surface area contributed by atoms with E-state index in [1.54, 1.807) is 6.07 Å². The van der Waals surface area contributed by atoms with Crippen molar-refractivity contribution in [2.24, 2.45) is 0 Å². The predicted molar refractivity (Wildman–Crippen MR) is 68.6 cm³/mol. The van der Waals surface area contributed by atoms with Gasteiger partial charge in [-0.15, -0.1) is 0 Å². The SMILES string of the molecule is CC(C)(C)OC(=O)c1ccc(C2CC2)cc1Cl. The van der Waals surface area contributed by atoms with Crippen molar-refractivity contribution in [3.8, 4) is 0 Å². The summed E-state index contributed by atoms with van der Waals surface area (Å²) in [5.74, 6) is 0.282. The minimum absolute atomic E-state index is 0.357. The van der Waals surface area contributed by atoms with Crippen molar-refractivity contribution >= 4 is 17.6 Å². The predicted octanol–water partition coefficient (Wildman–Crippen LogP) is 4.17. The molecule has 0 spiro atoms. The number of esters is 1. The van der Waals surface area contributed by atoms with Crippen molar-refractivity contribution in [3.63, 3.8) is 0 Å². The highest BCUT2D eigenvalue weighted by Gasteiger charge is 2.25. The first-order valence-corrected chi connectivity index (χ1v) is 6.27. The summed E-state index contributed by atoms with van der Waals surface area (Å²) in [5.41, 5.74) is 1.18. The van der Waals surface area contributed by atoms with E-state index in [9.17, 15) is 4.79 Å². The number of ether oxygens (including phenoxy) is 1. The summed E-state index contributed by atoms with van der Waals surface area (Å²) in [6.45, 7) is 5.53. The number of hydrogen-bond donors (Lipinski definition) is 0. The van der Waals surface area contributed by atoms with Gasteiger partial charge >= 0.3 is 5.97 Å². The Bertz CT molecular complexity index is 442. The van der Waals surface area contributed by atoms with E-state index in [0.29, 0.717) is 16.5 Å². The molecular weight excluding hydrogens is 236 g/mol. The Morgan fingerprint density at radius 1 is 1.35 bits per heavy atom. The molecule has 0 aliphatic heterocycles. The first kappa shape index (κ1) is 12.4. The lowest BCUT2D eigenvalue weighted by atomic mass is 10.1. The van der Waals surface area contributed by atoms with Gasteiger partial charge in [-0.25, -0.2) is 4.79 Å². The number of carbonyl (C=O) groups is 1. The first-order valence-electron chi connectivity index (χ1n) is 5.89. The zero-order chi connectivity index (χ0) is 12.6. The molecule has 1 aliphatic rings. The Labute approximate surface area is 107 Å². The van der Waals surface area contributed by atoms with Gasteiger partial charge in [0, 0.05) is 0 Å². The van der Waals surface area contributed by atoms with E-state index in [0.717, 1.165) is 0 Å². The van der Waals surface area contributed by atoms with Gasteiger partial charge in [0.2, 0.25) is 0 Å². The molecule has 92 valence electrons. The molecule has 0 N–H and O–H groups in total. The van der Waals surface area contributed by atoms with Crippen molar-refractivity contribution in [2.45, 2.75) is 45.1 Å². The van der Waals surface area contributed by atoms with Gasteiger partial charge in [0.05, 0.1) is 10.6 Å². The van der Waals surface area contributed by atoms with Crippen LogP contribution in [-0.4, -0.2) is 11.6 Å². The average Bonchev–Trinajstić information content (AvgIpc) is 2.97.